The molecule has 0 saturated carbocycles. The fourth-order valence-corrected chi connectivity index (χ4v) is 2.52. The van der Waals surface area contributed by atoms with Gasteiger partial charge in [0.05, 0.1) is 18.1 Å². The van der Waals surface area contributed by atoms with Gasteiger partial charge in [-0.25, -0.2) is 0 Å². The maximum Gasteiger partial charge on any atom is 0.160 e. The number of hydrogen-bond donors (Lipinski definition) is 1. The Morgan fingerprint density at radius 1 is 1.30 bits per heavy atom. The standard InChI is InChI=1S/C19H27NO3/c1-5-16-17(14(2)21)11-15(22)12-18(16)23-10-8-6-7-9-19(3,4)13-20/h11-12,22H,5-10H2,1-4H3. The number of phenolic OH excluding ortho intramolecular Hbond substituents is 1. The van der Waals surface area contributed by atoms with E-state index in [2.05, 4.69) is 6.07 Å². The van der Waals surface area contributed by atoms with Gasteiger partial charge in [0.1, 0.15) is 11.5 Å². The zero-order valence-electron chi connectivity index (χ0n) is 14.6. The molecule has 126 valence electrons. The predicted octanol–water partition coefficient (Wildman–Crippen LogP) is 4.65. The van der Waals surface area contributed by atoms with Crippen LogP contribution in [0.15, 0.2) is 12.1 Å². The van der Waals surface area contributed by atoms with Crippen LogP contribution in [0.1, 0.15) is 69.3 Å². The van der Waals surface area contributed by atoms with Crippen molar-refractivity contribution in [2.24, 2.45) is 5.41 Å². The lowest BCUT2D eigenvalue weighted by Gasteiger charge is -2.15. The normalized spacial score (nSPS) is 11.1. The molecule has 1 N–H and O–H groups in total. The number of unbranched alkanes of at least 4 members (excludes halogenated alkanes) is 2. The van der Waals surface area contributed by atoms with Crippen molar-refractivity contribution in [1.82, 2.24) is 0 Å². The molecule has 23 heavy (non-hydrogen) atoms. The van der Waals surface area contributed by atoms with Crippen molar-refractivity contribution in [2.75, 3.05) is 6.61 Å². The molecule has 1 rings (SSSR count). The molecular formula is C19H27NO3. The summed E-state index contributed by atoms with van der Waals surface area (Å²) in [6.07, 6.45) is 4.43. The molecule has 4 nitrogen and oxygen atoms in total. The van der Waals surface area contributed by atoms with Gasteiger partial charge in [-0.2, -0.15) is 5.26 Å². The molecule has 0 saturated heterocycles. The van der Waals surface area contributed by atoms with Crippen LogP contribution in [0.2, 0.25) is 0 Å². The van der Waals surface area contributed by atoms with Crippen molar-refractivity contribution in [2.45, 2.75) is 59.8 Å². The van der Waals surface area contributed by atoms with Gasteiger partial charge >= 0.3 is 0 Å². The Hall–Kier alpha value is -2.02. The molecule has 0 aliphatic rings. The highest BCUT2D eigenvalue weighted by Crippen LogP contribution is 2.29. The number of rotatable bonds is 9. The number of Topliss-reactive ketones (excluding diaryl/α,β-unsaturated/α-hetero) is 1. The van der Waals surface area contributed by atoms with Crippen LogP contribution in [0.25, 0.3) is 0 Å². The third-order valence-electron chi connectivity index (χ3n) is 3.93. The fraction of sp³-hybridized carbons (Fsp3) is 0.579. The molecule has 1 aromatic carbocycles. The molecule has 0 unspecified atom stereocenters. The Morgan fingerprint density at radius 2 is 2.00 bits per heavy atom. The summed E-state index contributed by atoms with van der Waals surface area (Å²) in [5.41, 5.74) is 1.11. The molecular weight excluding hydrogens is 290 g/mol. The summed E-state index contributed by atoms with van der Waals surface area (Å²) in [5, 5.41) is 18.7. The molecule has 0 amide bonds. The number of aromatic hydroxyl groups is 1. The minimum absolute atomic E-state index is 0.0539. The second-order valence-electron chi connectivity index (χ2n) is 6.53. The molecule has 0 aromatic heterocycles. The quantitative estimate of drug-likeness (QED) is 0.532. The lowest BCUT2D eigenvalue weighted by atomic mass is 9.89. The molecule has 0 spiro atoms. The Morgan fingerprint density at radius 3 is 2.57 bits per heavy atom. The van der Waals surface area contributed by atoms with Crippen molar-refractivity contribution in [3.8, 4) is 17.6 Å². The molecule has 0 aliphatic heterocycles. The first kappa shape index (κ1) is 19.0. The molecule has 0 atom stereocenters. The summed E-state index contributed by atoms with van der Waals surface area (Å²) in [6, 6.07) is 5.38. The summed E-state index contributed by atoms with van der Waals surface area (Å²) in [6.45, 7) is 7.91. The molecule has 0 aliphatic carbocycles. The summed E-state index contributed by atoms with van der Waals surface area (Å²) >= 11 is 0. The van der Waals surface area contributed by atoms with E-state index in [4.69, 9.17) is 10.00 Å². The van der Waals surface area contributed by atoms with Crippen LogP contribution < -0.4 is 4.74 Å². The highest BCUT2D eigenvalue weighted by Gasteiger charge is 2.16. The van der Waals surface area contributed by atoms with Gasteiger partial charge in [-0.1, -0.05) is 19.8 Å². The van der Waals surface area contributed by atoms with Crippen LogP contribution in [0, 0.1) is 16.7 Å². The summed E-state index contributed by atoms with van der Waals surface area (Å²) in [5.74, 6) is 0.578. The van der Waals surface area contributed by atoms with E-state index < -0.39 is 0 Å². The van der Waals surface area contributed by atoms with E-state index in [1.54, 1.807) is 6.07 Å². The maximum absolute atomic E-state index is 11.7. The maximum atomic E-state index is 11.7. The third kappa shape index (κ3) is 5.94. The summed E-state index contributed by atoms with van der Waals surface area (Å²) < 4.78 is 5.78. The molecule has 0 bridgehead atoms. The first-order chi connectivity index (χ1) is 10.8. The highest BCUT2D eigenvalue weighted by atomic mass is 16.5. The number of carbonyl (C=O) groups is 1. The van der Waals surface area contributed by atoms with Crippen LogP contribution in [-0.2, 0) is 6.42 Å². The molecule has 1 aromatic rings. The van der Waals surface area contributed by atoms with Crippen molar-refractivity contribution >= 4 is 5.78 Å². The Balaban J connectivity index is 2.55. The minimum atomic E-state index is -0.266. The lowest BCUT2D eigenvalue weighted by molar-refractivity contribution is 0.101. The number of nitrogens with zero attached hydrogens (tertiary/aromatic N) is 1. The summed E-state index contributed by atoms with van der Waals surface area (Å²) in [4.78, 5) is 11.7. The topological polar surface area (TPSA) is 70.3 Å². The number of nitriles is 1. The summed E-state index contributed by atoms with van der Waals surface area (Å²) in [7, 11) is 0. The number of hydrogen-bond acceptors (Lipinski definition) is 4. The Kier molecular flexibility index (Phi) is 7.09. The Labute approximate surface area is 139 Å². The van der Waals surface area contributed by atoms with E-state index in [0.29, 0.717) is 24.3 Å². The molecule has 0 heterocycles. The zero-order valence-corrected chi connectivity index (χ0v) is 14.6. The van der Waals surface area contributed by atoms with E-state index in [1.807, 2.05) is 20.8 Å². The highest BCUT2D eigenvalue weighted by molar-refractivity contribution is 5.96. The van der Waals surface area contributed by atoms with Crippen LogP contribution in [0.5, 0.6) is 11.5 Å². The minimum Gasteiger partial charge on any atom is -0.508 e. The number of ether oxygens (including phenoxy) is 1. The van der Waals surface area contributed by atoms with Gasteiger partial charge in [-0.15, -0.1) is 0 Å². The van der Waals surface area contributed by atoms with Gasteiger partial charge in [-0.3, -0.25) is 4.79 Å². The predicted molar refractivity (Wildman–Crippen MR) is 90.8 cm³/mol. The molecule has 4 heteroatoms. The molecule has 0 radical (unpaired) electrons. The Bertz CT molecular complexity index is 585. The van der Waals surface area contributed by atoms with Crippen LogP contribution >= 0.6 is 0 Å². The van der Waals surface area contributed by atoms with Crippen LogP contribution in [-0.4, -0.2) is 17.5 Å². The lowest BCUT2D eigenvalue weighted by Crippen LogP contribution is -2.08. The van der Waals surface area contributed by atoms with E-state index in [-0.39, 0.29) is 16.9 Å². The van der Waals surface area contributed by atoms with E-state index in [9.17, 15) is 9.90 Å². The SMILES string of the molecule is CCc1c(OCCCCCC(C)(C)C#N)cc(O)cc1C(C)=O. The van der Waals surface area contributed by atoms with Crippen molar-refractivity contribution in [1.29, 1.82) is 5.26 Å². The first-order valence-electron chi connectivity index (χ1n) is 8.21. The monoisotopic (exact) mass is 317 g/mol. The second kappa shape index (κ2) is 8.57. The van der Waals surface area contributed by atoms with Gasteiger partial charge < -0.3 is 9.84 Å². The third-order valence-corrected chi connectivity index (χ3v) is 3.93. The number of benzene rings is 1. The first-order valence-corrected chi connectivity index (χ1v) is 8.21. The van der Waals surface area contributed by atoms with Crippen LogP contribution in [0.3, 0.4) is 0 Å². The van der Waals surface area contributed by atoms with Crippen molar-refractivity contribution < 1.29 is 14.6 Å². The van der Waals surface area contributed by atoms with E-state index in [0.717, 1.165) is 31.2 Å². The van der Waals surface area contributed by atoms with Gasteiger partial charge in [0.15, 0.2) is 5.78 Å². The molecule has 0 fully saturated rings. The largest absolute Gasteiger partial charge is 0.508 e. The number of ketones is 1. The van der Waals surface area contributed by atoms with Gasteiger partial charge in [0.25, 0.3) is 0 Å². The van der Waals surface area contributed by atoms with Crippen molar-refractivity contribution in [3.63, 3.8) is 0 Å². The zero-order chi connectivity index (χ0) is 17.5. The number of phenols is 1. The second-order valence-corrected chi connectivity index (χ2v) is 6.53. The van der Waals surface area contributed by atoms with Gasteiger partial charge in [-0.05, 0) is 46.1 Å². The van der Waals surface area contributed by atoms with Crippen LogP contribution in [0.4, 0.5) is 0 Å². The van der Waals surface area contributed by atoms with E-state index in [1.165, 1.54) is 13.0 Å². The van der Waals surface area contributed by atoms with E-state index >= 15 is 0 Å². The fourth-order valence-electron chi connectivity index (χ4n) is 2.52. The number of carbonyl (C=O) groups excluding carboxylic acids is 1. The smallest absolute Gasteiger partial charge is 0.160 e. The average molecular weight is 317 g/mol. The average Bonchev–Trinajstić information content (AvgIpc) is 2.50. The van der Waals surface area contributed by atoms with Gasteiger partial charge in [0.2, 0.25) is 0 Å². The van der Waals surface area contributed by atoms with Gasteiger partial charge in [0, 0.05) is 17.2 Å². The van der Waals surface area contributed by atoms with Crippen molar-refractivity contribution in [3.05, 3.63) is 23.3 Å².